The fourth-order valence-corrected chi connectivity index (χ4v) is 3.78. The van der Waals surface area contributed by atoms with Gasteiger partial charge in [-0.1, -0.05) is 30.3 Å². The van der Waals surface area contributed by atoms with Gasteiger partial charge >= 0.3 is 0 Å². The Hall–Kier alpha value is -1.43. The lowest BCUT2D eigenvalue weighted by atomic mass is 9.95. The van der Waals surface area contributed by atoms with Crippen LogP contribution in [0.25, 0.3) is 0 Å². The number of amides is 1. The van der Waals surface area contributed by atoms with E-state index in [1.807, 2.05) is 35.2 Å². The van der Waals surface area contributed by atoms with Gasteiger partial charge in [0.2, 0.25) is 5.91 Å². The third kappa shape index (κ3) is 5.27. The minimum absolute atomic E-state index is 0.275. The molecule has 1 atom stereocenters. The Bertz CT molecular complexity index is 539. The molecule has 0 aliphatic carbocycles. The van der Waals surface area contributed by atoms with Crippen molar-refractivity contribution in [3.05, 3.63) is 35.9 Å². The molecule has 25 heavy (non-hydrogen) atoms. The van der Waals surface area contributed by atoms with Crippen LogP contribution < -0.4 is 0 Å². The lowest BCUT2D eigenvalue weighted by Gasteiger charge is -2.36. The topological polar surface area (TPSA) is 47.0 Å². The van der Waals surface area contributed by atoms with Gasteiger partial charge in [0.15, 0.2) is 0 Å². The first-order valence-corrected chi connectivity index (χ1v) is 9.53. The number of aliphatic hydroxyl groups excluding tert-OH is 1. The van der Waals surface area contributed by atoms with E-state index in [4.69, 9.17) is 0 Å². The Balaban J connectivity index is 1.36. The zero-order chi connectivity index (χ0) is 17.6. The largest absolute Gasteiger partial charge is 0.387 e. The molecule has 0 unspecified atom stereocenters. The van der Waals surface area contributed by atoms with E-state index in [1.54, 1.807) is 0 Å². The van der Waals surface area contributed by atoms with Crippen LogP contribution in [0.15, 0.2) is 30.3 Å². The molecule has 2 fully saturated rings. The van der Waals surface area contributed by atoms with E-state index < -0.39 is 6.10 Å². The van der Waals surface area contributed by atoms with Gasteiger partial charge in [-0.2, -0.15) is 0 Å². The van der Waals surface area contributed by atoms with Crippen LogP contribution in [-0.4, -0.2) is 78.6 Å². The lowest BCUT2D eigenvalue weighted by Crippen LogP contribution is -2.47. The van der Waals surface area contributed by atoms with Crippen molar-refractivity contribution in [1.82, 2.24) is 14.7 Å². The number of carbonyl (C=O) groups is 1. The van der Waals surface area contributed by atoms with Crippen molar-refractivity contribution in [2.24, 2.45) is 5.92 Å². The van der Waals surface area contributed by atoms with Gasteiger partial charge < -0.3 is 14.9 Å². The van der Waals surface area contributed by atoms with Crippen LogP contribution in [0.2, 0.25) is 0 Å². The summed E-state index contributed by atoms with van der Waals surface area (Å²) in [4.78, 5) is 18.5. The third-order valence-corrected chi connectivity index (χ3v) is 5.51. The monoisotopic (exact) mass is 345 g/mol. The number of carbonyl (C=O) groups excluding carboxylic acids is 1. The first-order valence-electron chi connectivity index (χ1n) is 9.53. The maximum atomic E-state index is 12.0. The highest BCUT2D eigenvalue weighted by atomic mass is 16.3. The van der Waals surface area contributed by atoms with E-state index >= 15 is 0 Å². The molecule has 2 saturated heterocycles. The standard InChI is InChI=1S/C20H31N3O2/c1-21(16-20(25)23-10-5-11-23)14-17-8-12-22(13-9-17)15-19(24)18-6-3-2-4-7-18/h2-4,6-7,17,19,24H,5,8-16H2,1H3/t19-/m0/s1. The molecule has 0 radical (unpaired) electrons. The quantitative estimate of drug-likeness (QED) is 0.815. The summed E-state index contributed by atoms with van der Waals surface area (Å²) >= 11 is 0. The van der Waals surface area contributed by atoms with E-state index in [-0.39, 0.29) is 5.91 Å². The van der Waals surface area contributed by atoms with Gasteiger partial charge in [0, 0.05) is 26.2 Å². The van der Waals surface area contributed by atoms with Crippen molar-refractivity contribution in [3.63, 3.8) is 0 Å². The molecule has 0 aromatic heterocycles. The predicted octanol–water partition coefficient (Wildman–Crippen LogP) is 1.60. The van der Waals surface area contributed by atoms with Gasteiger partial charge in [-0.05, 0) is 50.9 Å². The van der Waals surface area contributed by atoms with Crippen LogP contribution in [0.3, 0.4) is 0 Å². The van der Waals surface area contributed by atoms with Crippen molar-refractivity contribution in [2.75, 3.05) is 52.9 Å². The molecule has 5 nitrogen and oxygen atoms in total. The number of hydrogen-bond donors (Lipinski definition) is 1. The molecule has 1 N–H and O–H groups in total. The number of β-amino-alcohol motifs (C(OH)–C–C–N with tert-alkyl or cyclic N) is 1. The van der Waals surface area contributed by atoms with Gasteiger partial charge in [0.05, 0.1) is 12.6 Å². The molecular formula is C20H31N3O2. The van der Waals surface area contributed by atoms with Gasteiger partial charge in [-0.3, -0.25) is 9.69 Å². The van der Waals surface area contributed by atoms with E-state index in [9.17, 15) is 9.90 Å². The summed E-state index contributed by atoms with van der Waals surface area (Å²) in [5.41, 5.74) is 0.994. The highest BCUT2D eigenvalue weighted by Crippen LogP contribution is 2.21. The van der Waals surface area contributed by atoms with Crippen molar-refractivity contribution in [3.8, 4) is 0 Å². The average Bonchev–Trinajstić information content (AvgIpc) is 2.55. The molecule has 5 heteroatoms. The number of rotatable bonds is 7. The zero-order valence-corrected chi connectivity index (χ0v) is 15.3. The fourth-order valence-electron chi connectivity index (χ4n) is 3.78. The number of benzene rings is 1. The van der Waals surface area contributed by atoms with E-state index in [0.29, 0.717) is 19.0 Å². The molecule has 1 amide bonds. The molecule has 3 rings (SSSR count). The van der Waals surface area contributed by atoms with Gasteiger partial charge in [0.25, 0.3) is 0 Å². The van der Waals surface area contributed by atoms with Crippen molar-refractivity contribution in [2.45, 2.75) is 25.4 Å². The molecule has 0 saturated carbocycles. The summed E-state index contributed by atoms with van der Waals surface area (Å²) in [7, 11) is 2.06. The summed E-state index contributed by atoms with van der Waals surface area (Å²) in [5.74, 6) is 0.927. The van der Waals surface area contributed by atoms with Gasteiger partial charge in [-0.25, -0.2) is 0 Å². The van der Waals surface area contributed by atoms with Crippen LogP contribution in [0.5, 0.6) is 0 Å². The Kier molecular flexibility index (Phi) is 6.45. The molecule has 1 aromatic carbocycles. The first-order chi connectivity index (χ1) is 12.1. The fraction of sp³-hybridized carbons (Fsp3) is 0.650. The van der Waals surface area contributed by atoms with Gasteiger partial charge in [0.1, 0.15) is 0 Å². The molecule has 2 aliphatic rings. The van der Waals surface area contributed by atoms with Gasteiger partial charge in [-0.15, -0.1) is 0 Å². The number of piperidine rings is 1. The van der Waals surface area contributed by atoms with E-state index in [0.717, 1.165) is 57.5 Å². The molecule has 138 valence electrons. The molecule has 1 aromatic rings. The number of likely N-dealkylation sites (N-methyl/N-ethyl adjacent to an activating group) is 1. The second-order valence-corrected chi connectivity index (χ2v) is 7.60. The Morgan fingerprint density at radius 1 is 1.20 bits per heavy atom. The summed E-state index contributed by atoms with van der Waals surface area (Å²) in [5, 5.41) is 10.4. The first kappa shape index (κ1) is 18.4. The molecular weight excluding hydrogens is 314 g/mol. The molecule has 2 heterocycles. The summed E-state index contributed by atoms with van der Waals surface area (Å²) in [6.07, 6.45) is 3.03. The van der Waals surface area contributed by atoms with E-state index in [2.05, 4.69) is 16.8 Å². The molecule has 0 bridgehead atoms. The second-order valence-electron chi connectivity index (χ2n) is 7.60. The van der Waals surface area contributed by atoms with E-state index in [1.165, 1.54) is 0 Å². The number of hydrogen-bond acceptors (Lipinski definition) is 4. The number of likely N-dealkylation sites (tertiary alicyclic amines) is 2. The maximum Gasteiger partial charge on any atom is 0.236 e. The SMILES string of the molecule is CN(CC(=O)N1CCC1)CC1CCN(C[C@H](O)c2ccccc2)CC1. The zero-order valence-electron chi connectivity index (χ0n) is 15.3. The van der Waals surface area contributed by atoms with Crippen LogP contribution in [-0.2, 0) is 4.79 Å². The Morgan fingerprint density at radius 2 is 1.88 bits per heavy atom. The second kappa shape index (κ2) is 8.79. The van der Waals surface area contributed by atoms with Crippen LogP contribution in [0.1, 0.15) is 30.9 Å². The summed E-state index contributed by atoms with van der Waals surface area (Å²) in [6.45, 7) is 6.19. The highest BCUT2D eigenvalue weighted by Gasteiger charge is 2.25. The van der Waals surface area contributed by atoms with Crippen LogP contribution in [0.4, 0.5) is 0 Å². The van der Waals surface area contributed by atoms with Crippen molar-refractivity contribution in [1.29, 1.82) is 0 Å². The van der Waals surface area contributed by atoms with Crippen LogP contribution in [0, 0.1) is 5.92 Å². The summed E-state index contributed by atoms with van der Waals surface area (Å²) < 4.78 is 0. The molecule has 2 aliphatic heterocycles. The van der Waals surface area contributed by atoms with Crippen molar-refractivity contribution >= 4 is 5.91 Å². The Labute approximate surface area is 151 Å². The van der Waals surface area contributed by atoms with Crippen LogP contribution >= 0.6 is 0 Å². The highest BCUT2D eigenvalue weighted by molar-refractivity contribution is 5.78. The minimum Gasteiger partial charge on any atom is -0.387 e. The molecule has 0 spiro atoms. The minimum atomic E-state index is -0.408. The number of nitrogens with zero attached hydrogens (tertiary/aromatic N) is 3. The third-order valence-electron chi connectivity index (χ3n) is 5.51. The normalized spacial score (nSPS) is 20.5. The predicted molar refractivity (Wildman–Crippen MR) is 99.3 cm³/mol. The smallest absolute Gasteiger partial charge is 0.236 e. The lowest BCUT2D eigenvalue weighted by molar-refractivity contribution is -0.135. The summed E-state index contributed by atoms with van der Waals surface area (Å²) in [6, 6.07) is 9.90. The van der Waals surface area contributed by atoms with Crippen molar-refractivity contribution < 1.29 is 9.90 Å². The Morgan fingerprint density at radius 3 is 2.48 bits per heavy atom. The maximum absolute atomic E-state index is 12.0. The number of aliphatic hydroxyl groups is 1. The average molecular weight is 345 g/mol.